The SMILES string of the molecule is BC12C3CC1C1CC4C1C15C4C4C6C7C8CC9C%10CC%11C%12C%13C(C3S)C3(C21)C45C61C72C98C%10%11C%122C%1331. The largest absolute Gasteiger partial charge is 0.175 e. The quantitative estimate of drug-likeness (QED) is 0.420. The van der Waals surface area contributed by atoms with Gasteiger partial charge in [-0.1, -0.05) is 0 Å². The summed E-state index contributed by atoms with van der Waals surface area (Å²) < 4.78 is 0. The highest BCUT2D eigenvalue weighted by Gasteiger charge is 3.44. The molecule has 19 rings (SSSR count). The van der Waals surface area contributed by atoms with Gasteiger partial charge in [-0.25, -0.2) is 0 Å². The standard InChI is InChI=1S/C32H29BS/c33-24-7-2-12(24)21(34)20-19-16-11-3-8-9-4-10-15-18-17-14-6-1-5(7)13(6)23(14)22(24)27(20)28(17,23)32(18)30(15)26(9,10)25(8,11)29(16,30)31(19,27)32/h5-22,34H,1-4,33H2. The third kappa shape index (κ3) is 0.428. The van der Waals surface area contributed by atoms with Crippen molar-refractivity contribution in [2.75, 3.05) is 0 Å². The molecule has 0 amide bonds. The van der Waals surface area contributed by atoms with Crippen molar-refractivity contribution in [3.05, 3.63) is 0 Å². The van der Waals surface area contributed by atoms with E-state index in [9.17, 15) is 0 Å². The van der Waals surface area contributed by atoms with Crippen molar-refractivity contribution in [2.24, 2.45) is 149 Å². The Kier molecular flexibility index (Phi) is 1.03. The Labute approximate surface area is 205 Å². The van der Waals surface area contributed by atoms with Gasteiger partial charge >= 0.3 is 0 Å². The Morgan fingerprint density at radius 1 is 0.500 bits per heavy atom. The first-order chi connectivity index (χ1) is 16.7. The Bertz CT molecular complexity index is 1630. The molecule has 28 unspecified atom stereocenters. The normalized spacial score (nSPS) is 117. The second kappa shape index (κ2) is 2.50. The Balaban J connectivity index is 1.04. The van der Waals surface area contributed by atoms with Crippen LogP contribution in [0.25, 0.3) is 0 Å². The van der Waals surface area contributed by atoms with Crippen molar-refractivity contribution in [3.63, 3.8) is 0 Å². The minimum atomic E-state index is 0.770. The molecule has 19 fully saturated rings. The highest BCUT2D eigenvalue weighted by molar-refractivity contribution is 7.81. The molecule has 166 valence electrons. The molecule has 0 aliphatic heterocycles. The van der Waals surface area contributed by atoms with Crippen LogP contribution >= 0.6 is 12.6 Å². The van der Waals surface area contributed by atoms with Gasteiger partial charge in [0.25, 0.3) is 0 Å². The van der Waals surface area contributed by atoms with E-state index < -0.39 is 0 Å². The van der Waals surface area contributed by atoms with Crippen molar-refractivity contribution in [3.8, 4) is 0 Å². The lowest BCUT2D eigenvalue weighted by Crippen LogP contribution is -3.43. The average Bonchev–Trinajstić information content (AvgIpc) is 2.71. The molecule has 34 heavy (non-hydrogen) atoms. The van der Waals surface area contributed by atoms with Crippen molar-refractivity contribution < 1.29 is 0 Å². The van der Waals surface area contributed by atoms with E-state index in [2.05, 4.69) is 7.85 Å². The van der Waals surface area contributed by atoms with E-state index in [0.717, 1.165) is 71.1 Å². The summed E-state index contributed by atoms with van der Waals surface area (Å²) in [6.07, 6.45) is 6.85. The molecule has 9 spiro atoms. The van der Waals surface area contributed by atoms with Crippen LogP contribution in [-0.4, -0.2) is 13.1 Å². The van der Waals surface area contributed by atoms with Crippen molar-refractivity contribution >= 4 is 20.5 Å². The Hall–Kier alpha value is 0.415. The summed E-state index contributed by atoms with van der Waals surface area (Å²) in [5.41, 5.74) is 9.14. The van der Waals surface area contributed by atoms with E-state index in [1.54, 1.807) is 25.7 Å². The van der Waals surface area contributed by atoms with E-state index in [1.807, 2.05) is 0 Å². The molecule has 19 aliphatic carbocycles. The molecule has 0 aromatic carbocycles. The maximum atomic E-state index is 5.79. The molecule has 0 nitrogen and oxygen atoms in total. The van der Waals surface area contributed by atoms with Crippen LogP contribution in [0.3, 0.4) is 0 Å². The first-order valence-electron chi connectivity index (χ1n) is 16.3. The zero-order chi connectivity index (χ0) is 20.2. The number of hydrogen-bond donors (Lipinski definition) is 1. The van der Waals surface area contributed by atoms with E-state index in [1.165, 1.54) is 88.8 Å². The second-order valence-corrected chi connectivity index (χ2v) is 20.6. The number of thiol groups is 1. The minimum Gasteiger partial charge on any atom is -0.175 e. The summed E-state index contributed by atoms with van der Waals surface area (Å²) >= 11 is 5.79. The lowest BCUT2D eigenvalue weighted by molar-refractivity contribution is -0.994. The van der Waals surface area contributed by atoms with Gasteiger partial charge in [0.1, 0.15) is 7.85 Å². The molecule has 0 aromatic rings. The van der Waals surface area contributed by atoms with Gasteiger partial charge in [0.15, 0.2) is 0 Å². The van der Waals surface area contributed by atoms with E-state index in [4.69, 9.17) is 12.6 Å². The number of hydrogen-bond acceptors (Lipinski definition) is 1. The van der Waals surface area contributed by atoms with Crippen LogP contribution in [0.15, 0.2) is 0 Å². The fourth-order valence-corrected chi connectivity index (χ4v) is 29.8. The molecular weight excluding hydrogens is 427 g/mol. The highest BCUT2D eigenvalue weighted by Crippen LogP contribution is 3.46. The van der Waals surface area contributed by atoms with Crippen molar-refractivity contribution in [1.29, 1.82) is 0 Å². The third-order valence-electron chi connectivity index (χ3n) is 24.7. The van der Waals surface area contributed by atoms with E-state index >= 15 is 0 Å². The molecule has 0 bridgehead atoms. The maximum Gasteiger partial charge on any atom is 0.110 e. The predicted molar refractivity (Wildman–Crippen MR) is 124 cm³/mol. The van der Waals surface area contributed by atoms with Gasteiger partial charge in [-0.05, 0) is 180 Å². The van der Waals surface area contributed by atoms with Crippen LogP contribution < -0.4 is 0 Å². The second-order valence-electron chi connectivity index (χ2n) is 20.0. The van der Waals surface area contributed by atoms with Gasteiger partial charge in [0, 0.05) is 5.25 Å². The fraction of sp³-hybridized carbons (Fsp3) is 1.00. The molecule has 0 heterocycles. The van der Waals surface area contributed by atoms with Crippen molar-refractivity contribution in [1.82, 2.24) is 0 Å². The van der Waals surface area contributed by atoms with Crippen LogP contribution in [0.4, 0.5) is 0 Å². The van der Waals surface area contributed by atoms with E-state index in [-0.39, 0.29) is 0 Å². The lowest BCUT2D eigenvalue weighted by atomic mass is 8.58. The first kappa shape index (κ1) is 14.0. The molecular formula is C32H29BS. The molecule has 2 heteroatoms. The third-order valence-corrected chi connectivity index (χ3v) is 25.4. The minimum absolute atomic E-state index is 0.770. The molecule has 0 saturated heterocycles. The van der Waals surface area contributed by atoms with E-state index in [0.29, 0.717) is 0 Å². The maximum absolute atomic E-state index is 5.79. The first-order valence-corrected chi connectivity index (χ1v) is 16.9. The van der Waals surface area contributed by atoms with Gasteiger partial charge in [-0.15, -0.1) is 0 Å². The Morgan fingerprint density at radius 2 is 1.15 bits per heavy atom. The van der Waals surface area contributed by atoms with Crippen molar-refractivity contribution in [2.45, 2.75) is 36.2 Å². The lowest BCUT2D eigenvalue weighted by Gasteiger charge is -3.45. The Morgan fingerprint density at radius 3 is 1.94 bits per heavy atom. The van der Waals surface area contributed by atoms with Gasteiger partial charge in [0.05, 0.1) is 0 Å². The fourth-order valence-electron chi connectivity index (χ4n) is 28.9. The van der Waals surface area contributed by atoms with Crippen LogP contribution in [0.2, 0.25) is 5.31 Å². The average molecular weight is 456 g/mol. The summed E-state index contributed by atoms with van der Waals surface area (Å²) in [5.74, 6) is 21.4. The van der Waals surface area contributed by atoms with Crippen LogP contribution in [0.1, 0.15) is 25.7 Å². The van der Waals surface area contributed by atoms with Crippen LogP contribution in [0, 0.1) is 149 Å². The zero-order valence-corrected chi connectivity index (χ0v) is 20.6. The number of fused-ring (bicyclic) bond motifs is 10. The molecule has 0 radical (unpaired) electrons. The van der Waals surface area contributed by atoms with Gasteiger partial charge < -0.3 is 0 Å². The summed E-state index contributed by atoms with van der Waals surface area (Å²) in [5, 5.41) is 1.60. The summed E-state index contributed by atoms with van der Waals surface area (Å²) in [6, 6.07) is 0. The molecule has 19 aliphatic rings. The highest BCUT2D eigenvalue weighted by atomic mass is 32.1. The van der Waals surface area contributed by atoms with Crippen LogP contribution in [-0.2, 0) is 0 Å². The monoisotopic (exact) mass is 456 g/mol. The predicted octanol–water partition coefficient (Wildman–Crippen LogP) is 3.25. The molecule has 28 atom stereocenters. The summed E-state index contributed by atoms with van der Waals surface area (Å²) in [4.78, 5) is 0. The zero-order valence-electron chi connectivity index (χ0n) is 19.7. The topological polar surface area (TPSA) is 0 Å². The smallest absolute Gasteiger partial charge is 0.110 e. The van der Waals surface area contributed by atoms with Gasteiger partial charge in [-0.2, -0.15) is 12.6 Å². The summed E-state index contributed by atoms with van der Waals surface area (Å²) in [7, 11) is 2.95. The van der Waals surface area contributed by atoms with Gasteiger partial charge in [-0.3, -0.25) is 0 Å². The molecule has 0 aromatic heterocycles. The number of rotatable bonds is 0. The molecule has 19 saturated carbocycles. The summed E-state index contributed by atoms with van der Waals surface area (Å²) in [6.45, 7) is 0. The van der Waals surface area contributed by atoms with Gasteiger partial charge in [0.2, 0.25) is 0 Å². The molecule has 0 N–H and O–H groups in total. The van der Waals surface area contributed by atoms with Crippen LogP contribution in [0.5, 0.6) is 0 Å².